The molecule has 0 aliphatic heterocycles. The summed E-state index contributed by atoms with van der Waals surface area (Å²) in [6, 6.07) is -5.38. The van der Waals surface area contributed by atoms with Crippen LogP contribution in [0.3, 0.4) is 0 Å². The van der Waals surface area contributed by atoms with Crippen LogP contribution >= 0.6 is 0 Å². The SMILES string of the molecule is CCC(C)[C@H](NC(=O)[C@@H](NC(=O)OC(C)(C)C)C(C)C)[C@@H](O)C(F)(F)C(=O)N[C@H](C(=O)N[C@H](C(=O)OC)[C@@H](C)CC)C(C)C. The summed E-state index contributed by atoms with van der Waals surface area (Å²) in [5, 5.41) is 20.2. The van der Waals surface area contributed by atoms with Gasteiger partial charge in [0.25, 0.3) is 5.91 Å². The number of esters is 1. The summed E-state index contributed by atoms with van der Waals surface area (Å²) in [7, 11) is 1.15. The number of ether oxygens (including phenoxy) is 2. The van der Waals surface area contributed by atoms with Crippen molar-refractivity contribution < 1.29 is 47.3 Å². The molecule has 0 spiro atoms. The lowest BCUT2D eigenvalue weighted by Crippen LogP contribution is -2.64. The van der Waals surface area contributed by atoms with Crippen molar-refractivity contribution in [3.63, 3.8) is 0 Å². The molecule has 0 aliphatic rings. The summed E-state index contributed by atoms with van der Waals surface area (Å²) < 4.78 is 41.1. The maximum absolute atomic E-state index is 15.6. The number of hydrogen-bond acceptors (Lipinski definition) is 8. The number of alkyl carbamates (subject to hydrolysis) is 1. The van der Waals surface area contributed by atoms with E-state index in [0.29, 0.717) is 6.42 Å². The van der Waals surface area contributed by atoms with E-state index in [1.807, 2.05) is 5.32 Å². The van der Waals surface area contributed by atoms with Gasteiger partial charge in [0.15, 0.2) is 0 Å². The van der Waals surface area contributed by atoms with Crippen LogP contribution in [0.15, 0.2) is 0 Å². The van der Waals surface area contributed by atoms with E-state index in [1.54, 1.807) is 55.4 Å². The fourth-order valence-corrected chi connectivity index (χ4v) is 4.18. The lowest BCUT2D eigenvalue weighted by atomic mass is 9.89. The molecule has 1 unspecified atom stereocenters. The van der Waals surface area contributed by atoms with Gasteiger partial charge in [-0.1, -0.05) is 68.2 Å². The molecular formula is C30H54F2N4O8. The quantitative estimate of drug-likeness (QED) is 0.161. The number of methoxy groups -OCH3 is 1. The summed E-state index contributed by atoms with van der Waals surface area (Å²) in [6.45, 7) is 17.8. The molecule has 0 saturated heterocycles. The zero-order valence-corrected chi connectivity index (χ0v) is 28.2. The van der Waals surface area contributed by atoms with Crippen molar-refractivity contribution in [3.8, 4) is 0 Å². The fourth-order valence-electron chi connectivity index (χ4n) is 4.18. The highest BCUT2D eigenvalue weighted by atomic mass is 19.3. The first-order valence-corrected chi connectivity index (χ1v) is 15.1. The van der Waals surface area contributed by atoms with Crippen LogP contribution in [0.1, 0.15) is 89.0 Å². The molecule has 7 atom stereocenters. The predicted octanol–water partition coefficient (Wildman–Crippen LogP) is 2.91. The average molecular weight is 637 g/mol. The molecule has 12 nitrogen and oxygen atoms in total. The van der Waals surface area contributed by atoms with Gasteiger partial charge in [-0.05, 0) is 44.4 Å². The molecule has 0 aliphatic carbocycles. The van der Waals surface area contributed by atoms with E-state index in [9.17, 15) is 29.1 Å². The van der Waals surface area contributed by atoms with E-state index < -0.39 is 89.3 Å². The molecule has 0 saturated carbocycles. The zero-order chi connectivity index (χ0) is 34.7. The normalized spacial score (nSPS) is 16.9. The van der Waals surface area contributed by atoms with Gasteiger partial charge >= 0.3 is 18.0 Å². The Labute approximate surface area is 260 Å². The zero-order valence-electron chi connectivity index (χ0n) is 28.2. The van der Waals surface area contributed by atoms with Gasteiger partial charge in [0.05, 0.1) is 13.2 Å². The number of nitrogens with one attached hydrogen (secondary N) is 4. The average Bonchev–Trinajstić information content (AvgIpc) is 2.92. The molecular weight excluding hydrogens is 582 g/mol. The van der Waals surface area contributed by atoms with Crippen molar-refractivity contribution in [2.75, 3.05) is 7.11 Å². The summed E-state index contributed by atoms with van der Waals surface area (Å²) in [5.41, 5.74) is -0.855. The Bertz CT molecular complexity index is 987. The van der Waals surface area contributed by atoms with E-state index in [0.717, 1.165) is 7.11 Å². The summed E-state index contributed by atoms with van der Waals surface area (Å²) in [4.78, 5) is 63.8. The number of halogens is 2. The molecule has 0 aromatic rings. The summed E-state index contributed by atoms with van der Waals surface area (Å²) >= 11 is 0. The van der Waals surface area contributed by atoms with Crippen molar-refractivity contribution in [1.82, 2.24) is 21.3 Å². The number of rotatable bonds is 16. The van der Waals surface area contributed by atoms with Crippen LogP contribution in [0.25, 0.3) is 0 Å². The third-order valence-corrected chi connectivity index (χ3v) is 7.40. The lowest BCUT2D eigenvalue weighted by Gasteiger charge is -2.35. The minimum atomic E-state index is -4.46. The molecule has 256 valence electrons. The third-order valence-electron chi connectivity index (χ3n) is 7.40. The molecule has 5 N–H and O–H groups in total. The largest absolute Gasteiger partial charge is 0.467 e. The van der Waals surface area contributed by atoms with Crippen molar-refractivity contribution in [2.45, 2.75) is 131 Å². The van der Waals surface area contributed by atoms with Gasteiger partial charge in [-0.15, -0.1) is 0 Å². The standard InChI is InChI=1S/C30H54F2N4O8/c1-13-17(7)21(33-25(39)20(16(5)6)36-28(42)44-29(9,10)11)23(37)30(31,32)27(41)35-19(15(3)4)24(38)34-22(18(8)14-2)26(40)43-12/h15-23,37H,13-14H2,1-12H3,(H,33,39)(H,34,38)(H,35,41)(H,36,42)/t17?,18-,19-,20-,21-,22-,23+/m0/s1. The van der Waals surface area contributed by atoms with Crippen LogP contribution < -0.4 is 21.3 Å². The smallest absolute Gasteiger partial charge is 0.408 e. The second kappa shape index (κ2) is 17.5. The molecule has 0 heterocycles. The number of aliphatic hydroxyl groups is 1. The van der Waals surface area contributed by atoms with E-state index >= 15 is 8.78 Å². The van der Waals surface area contributed by atoms with Crippen molar-refractivity contribution in [1.29, 1.82) is 0 Å². The molecule has 0 aromatic heterocycles. The van der Waals surface area contributed by atoms with Gasteiger partial charge in [-0.3, -0.25) is 14.4 Å². The highest BCUT2D eigenvalue weighted by Crippen LogP contribution is 2.27. The molecule has 0 radical (unpaired) electrons. The number of aliphatic hydroxyl groups excluding tert-OH is 1. The number of carbonyl (C=O) groups is 5. The van der Waals surface area contributed by atoms with Gasteiger partial charge in [-0.2, -0.15) is 8.78 Å². The topological polar surface area (TPSA) is 172 Å². The van der Waals surface area contributed by atoms with Crippen LogP contribution in [0.4, 0.5) is 13.6 Å². The maximum Gasteiger partial charge on any atom is 0.408 e. The van der Waals surface area contributed by atoms with Crippen LogP contribution in [0.2, 0.25) is 0 Å². The first-order valence-electron chi connectivity index (χ1n) is 15.1. The van der Waals surface area contributed by atoms with E-state index in [1.165, 1.54) is 20.8 Å². The number of alkyl halides is 2. The lowest BCUT2D eigenvalue weighted by molar-refractivity contribution is -0.171. The summed E-state index contributed by atoms with van der Waals surface area (Å²) in [6.07, 6.45) is -2.85. The molecule has 0 bridgehead atoms. The van der Waals surface area contributed by atoms with Gasteiger partial charge < -0.3 is 35.8 Å². The van der Waals surface area contributed by atoms with Crippen LogP contribution in [-0.2, 0) is 28.7 Å². The van der Waals surface area contributed by atoms with Gasteiger partial charge in [0.1, 0.15) is 29.8 Å². The van der Waals surface area contributed by atoms with E-state index in [-0.39, 0.29) is 12.3 Å². The Kier molecular flexibility index (Phi) is 16.3. The Morgan fingerprint density at radius 2 is 1.18 bits per heavy atom. The first-order chi connectivity index (χ1) is 20.0. The predicted molar refractivity (Wildman–Crippen MR) is 161 cm³/mol. The Balaban J connectivity index is 6.07. The molecule has 0 fully saturated rings. The number of hydrogen-bond donors (Lipinski definition) is 5. The second-order valence-corrected chi connectivity index (χ2v) is 12.9. The summed E-state index contributed by atoms with van der Waals surface area (Å²) in [5.74, 6) is -11.1. The van der Waals surface area contributed by atoms with Crippen molar-refractivity contribution in [3.05, 3.63) is 0 Å². The highest BCUT2D eigenvalue weighted by Gasteiger charge is 2.53. The number of amides is 4. The highest BCUT2D eigenvalue weighted by molar-refractivity contribution is 5.93. The Morgan fingerprint density at radius 3 is 1.59 bits per heavy atom. The Hall–Kier alpha value is -3.03. The second-order valence-electron chi connectivity index (χ2n) is 12.9. The Morgan fingerprint density at radius 1 is 0.727 bits per heavy atom. The minimum absolute atomic E-state index is 0.243. The van der Waals surface area contributed by atoms with Crippen molar-refractivity contribution in [2.24, 2.45) is 23.7 Å². The van der Waals surface area contributed by atoms with Crippen LogP contribution in [0, 0.1) is 23.7 Å². The first kappa shape index (κ1) is 41.0. The van der Waals surface area contributed by atoms with Crippen LogP contribution in [-0.4, -0.2) is 83.8 Å². The van der Waals surface area contributed by atoms with E-state index in [4.69, 9.17) is 9.47 Å². The molecule has 0 aromatic carbocycles. The fraction of sp³-hybridized carbons (Fsp3) is 0.833. The van der Waals surface area contributed by atoms with E-state index in [2.05, 4.69) is 16.0 Å². The molecule has 44 heavy (non-hydrogen) atoms. The minimum Gasteiger partial charge on any atom is -0.467 e. The maximum atomic E-state index is 15.6. The van der Waals surface area contributed by atoms with Crippen LogP contribution in [0.5, 0.6) is 0 Å². The molecule has 4 amide bonds. The number of carbonyl (C=O) groups excluding carboxylic acids is 5. The monoisotopic (exact) mass is 636 g/mol. The van der Waals surface area contributed by atoms with Crippen molar-refractivity contribution >= 4 is 29.8 Å². The third kappa shape index (κ3) is 12.2. The molecule has 14 heteroatoms. The van der Waals surface area contributed by atoms with Gasteiger partial charge in [-0.25, -0.2) is 9.59 Å². The molecule has 0 rings (SSSR count). The van der Waals surface area contributed by atoms with Gasteiger partial charge in [0.2, 0.25) is 11.8 Å². The van der Waals surface area contributed by atoms with Gasteiger partial charge in [0, 0.05) is 0 Å².